The van der Waals surface area contributed by atoms with Gasteiger partial charge in [0.2, 0.25) is 11.8 Å². The zero-order chi connectivity index (χ0) is 24.1. The molecule has 1 aliphatic heterocycles. The van der Waals surface area contributed by atoms with Crippen LogP contribution in [0.5, 0.6) is 0 Å². The molecule has 2 bridgehead atoms. The number of nitro benzene ring substituents is 1. The summed E-state index contributed by atoms with van der Waals surface area (Å²) in [7, 11) is 0. The van der Waals surface area contributed by atoms with Crippen molar-refractivity contribution in [1.82, 2.24) is 0 Å². The lowest BCUT2D eigenvalue weighted by Crippen LogP contribution is -2.32. The number of Topliss-reactive ketones (excluding diaryl/α,β-unsaturated/α-hetero) is 1. The van der Waals surface area contributed by atoms with Crippen molar-refractivity contribution in [3.8, 4) is 0 Å². The molecule has 1 heterocycles. The number of nitrogens with zero attached hydrogens (tertiary/aromatic N) is 2. The van der Waals surface area contributed by atoms with E-state index < -0.39 is 23.3 Å². The van der Waals surface area contributed by atoms with Gasteiger partial charge in [-0.15, -0.1) is 0 Å². The number of anilines is 1. The molecule has 2 aromatic rings. The highest BCUT2D eigenvalue weighted by Gasteiger charge is 2.60. The van der Waals surface area contributed by atoms with Crippen molar-refractivity contribution in [2.75, 3.05) is 11.5 Å². The number of fused-ring (bicyclic) bond motifs is 5. The molecular formula is C25H20N2O7. The van der Waals surface area contributed by atoms with Crippen molar-refractivity contribution < 1.29 is 28.8 Å². The van der Waals surface area contributed by atoms with E-state index in [1.54, 1.807) is 0 Å². The number of amides is 2. The van der Waals surface area contributed by atoms with E-state index >= 15 is 0 Å². The Morgan fingerprint density at radius 2 is 1.62 bits per heavy atom. The fraction of sp³-hybridized carbons (Fsp3) is 0.280. The zero-order valence-corrected chi connectivity index (χ0v) is 18.2. The van der Waals surface area contributed by atoms with Crippen molar-refractivity contribution in [1.29, 1.82) is 0 Å². The van der Waals surface area contributed by atoms with Gasteiger partial charge in [-0.05, 0) is 61.6 Å². The molecule has 0 spiro atoms. The van der Waals surface area contributed by atoms with Gasteiger partial charge >= 0.3 is 5.97 Å². The first-order valence-corrected chi connectivity index (χ1v) is 10.9. The lowest BCUT2D eigenvalue weighted by atomic mass is 9.82. The molecule has 5 rings (SSSR count). The third-order valence-corrected chi connectivity index (χ3v) is 6.98. The summed E-state index contributed by atoms with van der Waals surface area (Å²) in [5, 5.41) is 10.7. The minimum atomic E-state index is -0.740. The molecule has 1 saturated carbocycles. The van der Waals surface area contributed by atoms with Crippen molar-refractivity contribution in [2.45, 2.75) is 13.3 Å². The number of hydrogen-bond acceptors (Lipinski definition) is 7. The Hall–Kier alpha value is -4.14. The molecule has 2 fully saturated rings. The number of benzene rings is 2. The van der Waals surface area contributed by atoms with Gasteiger partial charge in [-0.1, -0.05) is 11.6 Å². The van der Waals surface area contributed by atoms with Gasteiger partial charge in [0.1, 0.15) is 0 Å². The number of ketones is 1. The van der Waals surface area contributed by atoms with Gasteiger partial charge in [0.05, 0.1) is 28.0 Å². The minimum Gasteiger partial charge on any atom is -0.454 e. The van der Waals surface area contributed by atoms with Gasteiger partial charge in [0.15, 0.2) is 12.4 Å². The number of esters is 1. The number of carbonyl (C=O) groups excluding carboxylic acids is 4. The van der Waals surface area contributed by atoms with Crippen molar-refractivity contribution in [2.24, 2.45) is 23.7 Å². The van der Waals surface area contributed by atoms with Crippen LogP contribution in [0.2, 0.25) is 0 Å². The first-order valence-electron chi connectivity index (χ1n) is 10.9. The van der Waals surface area contributed by atoms with Crippen LogP contribution in [-0.2, 0) is 14.3 Å². The molecule has 34 heavy (non-hydrogen) atoms. The third kappa shape index (κ3) is 3.40. The number of imide groups is 1. The van der Waals surface area contributed by atoms with E-state index in [-0.39, 0.29) is 52.3 Å². The van der Waals surface area contributed by atoms with Gasteiger partial charge in [-0.2, -0.15) is 0 Å². The predicted octanol–water partition coefficient (Wildman–Crippen LogP) is 3.34. The number of allylic oxidation sites excluding steroid dienone is 2. The van der Waals surface area contributed by atoms with Crippen molar-refractivity contribution in [3.05, 3.63) is 81.4 Å². The van der Waals surface area contributed by atoms with Crippen LogP contribution in [0.25, 0.3) is 0 Å². The lowest BCUT2D eigenvalue weighted by Gasteiger charge is -2.19. The van der Waals surface area contributed by atoms with Crippen LogP contribution in [-0.4, -0.2) is 35.1 Å². The van der Waals surface area contributed by atoms with Crippen LogP contribution >= 0.6 is 0 Å². The highest BCUT2D eigenvalue weighted by molar-refractivity contribution is 6.23. The maximum Gasteiger partial charge on any atom is 0.338 e. The van der Waals surface area contributed by atoms with Crippen LogP contribution in [0.4, 0.5) is 11.4 Å². The number of hydrogen-bond donors (Lipinski definition) is 0. The summed E-state index contributed by atoms with van der Waals surface area (Å²) in [6, 6.07) is 10.9. The normalized spacial score (nSPS) is 24.7. The minimum absolute atomic E-state index is 0.110. The average molecular weight is 460 g/mol. The van der Waals surface area contributed by atoms with Crippen LogP contribution in [0.3, 0.4) is 0 Å². The Bertz CT molecular complexity index is 1260. The summed E-state index contributed by atoms with van der Waals surface area (Å²) in [4.78, 5) is 61.9. The van der Waals surface area contributed by atoms with Crippen LogP contribution in [0.1, 0.15) is 34.1 Å². The Labute approximate surface area is 194 Å². The third-order valence-electron chi connectivity index (χ3n) is 6.98. The molecule has 172 valence electrons. The molecule has 0 radical (unpaired) electrons. The second kappa shape index (κ2) is 8.02. The fourth-order valence-corrected chi connectivity index (χ4v) is 5.34. The van der Waals surface area contributed by atoms with E-state index in [0.29, 0.717) is 5.69 Å². The molecule has 9 nitrogen and oxygen atoms in total. The molecule has 0 aromatic heterocycles. The van der Waals surface area contributed by atoms with Gasteiger partial charge in [-0.3, -0.25) is 29.4 Å². The summed E-state index contributed by atoms with van der Waals surface area (Å²) in [6.45, 7) is 1.48. The van der Waals surface area contributed by atoms with E-state index in [4.69, 9.17) is 4.74 Å². The number of rotatable bonds is 6. The Kier molecular flexibility index (Phi) is 5.11. The Morgan fingerprint density at radius 3 is 2.26 bits per heavy atom. The molecule has 2 aliphatic carbocycles. The molecular weight excluding hydrogens is 440 g/mol. The molecule has 3 aliphatic rings. The largest absolute Gasteiger partial charge is 0.454 e. The Balaban J connectivity index is 1.23. The molecule has 2 amide bonds. The van der Waals surface area contributed by atoms with Gasteiger partial charge < -0.3 is 4.74 Å². The van der Waals surface area contributed by atoms with Crippen LogP contribution in [0, 0.1) is 33.8 Å². The summed E-state index contributed by atoms with van der Waals surface area (Å²) in [5.74, 6) is -2.02. The quantitative estimate of drug-likeness (QED) is 0.162. The van der Waals surface area contributed by atoms with E-state index in [9.17, 15) is 29.3 Å². The van der Waals surface area contributed by atoms with Gasteiger partial charge in [-0.25, -0.2) is 4.79 Å². The summed E-state index contributed by atoms with van der Waals surface area (Å²) >= 11 is 0. The average Bonchev–Trinajstić information content (AvgIpc) is 3.47. The van der Waals surface area contributed by atoms with E-state index in [1.807, 2.05) is 6.92 Å². The number of non-ortho nitro benzene ring substituents is 1. The maximum atomic E-state index is 13.0. The van der Waals surface area contributed by atoms with E-state index in [1.165, 1.54) is 59.0 Å². The lowest BCUT2D eigenvalue weighted by molar-refractivity contribution is -0.384. The standard InChI is InChI=1S/C25H20N2O7/c1-13-10-16-11-19(13)22-21(16)23(29)26(24(22)30)17-6-4-15(5-7-17)25(31)34-12-20(28)14-2-8-18(9-3-14)27(32)33/h2-10,16,19,21-22H,11-12H2,1H3. The molecule has 4 unspecified atom stereocenters. The molecule has 2 aromatic carbocycles. The number of nitro groups is 1. The van der Waals surface area contributed by atoms with Crippen molar-refractivity contribution in [3.63, 3.8) is 0 Å². The molecule has 4 atom stereocenters. The van der Waals surface area contributed by atoms with Crippen LogP contribution in [0.15, 0.2) is 60.2 Å². The topological polar surface area (TPSA) is 124 Å². The first-order chi connectivity index (χ1) is 16.3. The van der Waals surface area contributed by atoms with Crippen LogP contribution < -0.4 is 4.90 Å². The van der Waals surface area contributed by atoms with Gasteiger partial charge in [0.25, 0.3) is 5.69 Å². The van der Waals surface area contributed by atoms with E-state index in [0.717, 1.165) is 6.42 Å². The highest BCUT2D eigenvalue weighted by Crippen LogP contribution is 2.55. The molecule has 9 heteroatoms. The fourth-order valence-electron chi connectivity index (χ4n) is 5.34. The summed E-state index contributed by atoms with van der Waals surface area (Å²) in [6.07, 6.45) is 2.97. The Morgan fingerprint density at radius 1 is 1.00 bits per heavy atom. The summed E-state index contributed by atoms with van der Waals surface area (Å²) in [5.41, 5.74) is 1.78. The number of ether oxygens (including phenoxy) is 1. The molecule has 0 N–H and O–H groups in total. The van der Waals surface area contributed by atoms with E-state index in [2.05, 4.69) is 6.08 Å². The smallest absolute Gasteiger partial charge is 0.338 e. The molecule has 1 saturated heterocycles. The SMILES string of the molecule is CC1=CC2CC1C1C(=O)N(c3ccc(C(=O)OCC(=O)c4ccc([N+](=O)[O-])cc4)cc3)C(=O)C21. The number of carbonyl (C=O) groups is 4. The van der Waals surface area contributed by atoms with Crippen molar-refractivity contribution >= 4 is 34.9 Å². The highest BCUT2D eigenvalue weighted by atomic mass is 16.6. The second-order valence-electron chi connectivity index (χ2n) is 8.83. The monoisotopic (exact) mass is 460 g/mol. The predicted molar refractivity (Wildman–Crippen MR) is 119 cm³/mol. The van der Waals surface area contributed by atoms with Gasteiger partial charge in [0, 0.05) is 17.7 Å². The zero-order valence-electron chi connectivity index (χ0n) is 18.2. The maximum absolute atomic E-state index is 13.0. The first kappa shape index (κ1) is 21.7. The summed E-state index contributed by atoms with van der Waals surface area (Å²) < 4.78 is 5.06. The second-order valence-corrected chi connectivity index (χ2v) is 8.83.